The molecule has 0 fully saturated rings. The molecule has 0 aliphatic rings. The summed E-state index contributed by atoms with van der Waals surface area (Å²) in [6.45, 7) is 0. The van der Waals surface area contributed by atoms with Crippen molar-refractivity contribution in [2.24, 2.45) is 0 Å². The van der Waals surface area contributed by atoms with Gasteiger partial charge in [-0.1, -0.05) is 0 Å². The Morgan fingerprint density at radius 2 is 1.00 bits per heavy atom. The van der Waals surface area contributed by atoms with Crippen molar-refractivity contribution >= 4 is 11.4 Å². The summed E-state index contributed by atoms with van der Waals surface area (Å²) < 4.78 is 24.1. The Morgan fingerprint density at radius 3 is 1.00 bits per heavy atom. The molecule has 11 N–H and O–H groups in total. The first-order valence-corrected chi connectivity index (χ1v) is 1.55. The Kier molecular flexibility index (Phi) is 367. The van der Waals surface area contributed by atoms with E-state index in [4.69, 9.17) is 13.3 Å². The van der Waals surface area contributed by atoms with Crippen LogP contribution in [-0.2, 0) is 11.4 Å². The van der Waals surface area contributed by atoms with Crippen LogP contribution < -0.4 is 29.6 Å². The first kappa shape index (κ1) is 70.7. The maximum atomic E-state index is 8.56. The number of hydrogen-bond acceptors (Lipinski definition) is 2. The minimum atomic E-state index is -2.86. The Balaban J connectivity index is -0.00000000300. The molecule has 0 heterocycles. The van der Waals surface area contributed by atoms with Crippen molar-refractivity contribution in [3.63, 3.8) is 0 Å². The van der Waals surface area contributed by atoms with Gasteiger partial charge in [0.1, 0.15) is 0 Å². The predicted octanol–water partition coefficient (Wildman–Crippen LogP) is -7.78. The second-order valence-corrected chi connectivity index (χ2v) is 0.651. The molecule has 0 saturated carbocycles. The summed E-state index contributed by atoms with van der Waals surface area (Å²) in [4.78, 5) is 0. The molecule has 0 bridgehead atoms. The zero-order valence-electron chi connectivity index (χ0n) is 5.17. The quantitative estimate of drug-likeness (QED) is 0.293. The van der Waals surface area contributed by atoms with Crippen molar-refractivity contribution in [3.05, 3.63) is 0 Å². The number of rotatable bonds is 0. The fraction of sp³-hybridized carbons (Fsp3) is 0. The van der Waals surface area contributed by atoms with E-state index in [1.165, 1.54) is 0 Å². The molecule has 0 aromatic carbocycles. The molecule has 10 heavy (non-hydrogen) atoms. The van der Waals surface area contributed by atoms with Crippen LogP contribution in [0.5, 0.6) is 0 Å². The second kappa shape index (κ2) is 51.8. The van der Waals surface area contributed by atoms with E-state index in [0.717, 1.165) is 0 Å². The van der Waals surface area contributed by atoms with Crippen LogP contribution in [0.15, 0.2) is 0 Å². The van der Waals surface area contributed by atoms with Gasteiger partial charge in [0.2, 0.25) is 0 Å². The zero-order valence-corrected chi connectivity index (χ0v) is 7.99. The topological polar surface area (TPSA) is 218 Å². The van der Waals surface area contributed by atoms with Crippen LogP contribution in [0.25, 0.3) is 0 Å². The average Bonchev–Trinajstić information content (AvgIpc) is 0.811. The first-order chi connectivity index (χ1) is 1.73. The Bertz CT molecular complexity index is 32.2. The van der Waals surface area contributed by atoms with Crippen LogP contribution in [0, 0.1) is 0 Å². The number of hydrogen-bond donors (Lipinski definition) is 1. The molecule has 0 radical (unpaired) electrons. The van der Waals surface area contributed by atoms with E-state index in [1.54, 1.807) is 0 Å². The Labute approximate surface area is 81.6 Å². The third-order valence-electron chi connectivity index (χ3n) is 0. The fourth-order valence-corrected chi connectivity index (χ4v) is 0. The third kappa shape index (κ3) is 726. The van der Waals surface area contributed by atoms with Crippen LogP contribution in [0.4, 0.5) is 0 Å². The molecule has 0 aliphatic carbocycles. The third-order valence-corrected chi connectivity index (χ3v) is 0. The molecule has 0 spiro atoms. The van der Waals surface area contributed by atoms with Crippen molar-refractivity contribution < 1.29 is 70.3 Å². The van der Waals surface area contributed by atoms with Crippen molar-refractivity contribution in [3.8, 4) is 0 Å². The molecule has 1 atom stereocenters. The van der Waals surface area contributed by atoms with Crippen molar-refractivity contribution in [1.29, 1.82) is 0 Å². The van der Waals surface area contributed by atoms with Crippen LogP contribution >= 0.6 is 0 Å². The molecule has 0 aromatic rings. The van der Waals surface area contributed by atoms with Gasteiger partial charge < -0.3 is 36.5 Å². The normalized spacial score (nSPS) is 6.20. The maximum absolute atomic E-state index is 8.56. The molecule has 0 aromatic heterocycles. The van der Waals surface area contributed by atoms with E-state index in [1.807, 2.05) is 0 Å². The van der Waals surface area contributed by atoms with Gasteiger partial charge in [0, 0.05) is 0 Å². The van der Waals surface area contributed by atoms with Crippen LogP contribution in [0.3, 0.4) is 0 Å². The summed E-state index contributed by atoms with van der Waals surface area (Å²) in [6, 6.07) is 0. The van der Waals surface area contributed by atoms with E-state index in [2.05, 4.69) is 0 Å². The molecular formula is H11NaO8S. The summed E-state index contributed by atoms with van der Waals surface area (Å²) in [5.74, 6) is 0. The van der Waals surface area contributed by atoms with Crippen LogP contribution in [0.1, 0.15) is 0 Å². The minimum Gasteiger partial charge on any atom is -0.750 e. The fourth-order valence-electron chi connectivity index (χ4n) is 0. The van der Waals surface area contributed by atoms with E-state index < -0.39 is 11.4 Å². The van der Waals surface area contributed by atoms with E-state index >= 15 is 0 Å². The standard InChI is InChI=1S/Na.H2O3S.5H2O/c;1-4(2)3;;;;;/h;(H2,1,2,3);5*1H2/q+1;;;;;;/p-1. The predicted molar refractivity (Wildman–Crippen MR) is 29.6 cm³/mol. The molecule has 0 saturated heterocycles. The van der Waals surface area contributed by atoms with Crippen LogP contribution in [-0.4, -0.2) is 40.7 Å². The summed E-state index contributed by atoms with van der Waals surface area (Å²) in [5.41, 5.74) is 0. The molecule has 10 heteroatoms. The second-order valence-electron chi connectivity index (χ2n) is 0.217. The van der Waals surface area contributed by atoms with Gasteiger partial charge in [-0.05, 0) is 0 Å². The van der Waals surface area contributed by atoms with E-state index in [0.29, 0.717) is 0 Å². The molecule has 0 aliphatic heterocycles. The summed E-state index contributed by atoms with van der Waals surface area (Å²) in [6.07, 6.45) is 0. The average molecular weight is 194 g/mol. The molecule has 1 unspecified atom stereocenters. The van der Waals surface area contributed by atoms with Gasteiger partial charge >= 0.3 is 29.6 Å². The largest absolute Gasteiger partial charge is 1.00 e. The monoisotopic (exact) mass is 194 g/mol. The first-order valence-electron chi connectivity index (χ1n) is 0.516. The molecule has 0 amide bonds. The van der Waals surface area contributed by atoms with Gasteiger partial charge in [-0.3, -0.25) is 0 Å². The van der Waals surface area contributed by atoms with Gasteiger partial charge in [0.05, 0.1) is 11.4 Å². The van der Waals surface area contributed by atoms with Gasteiger partial charge in [0.25, 0.3) is 0 Å². The van der Waals surface area contributed by atoms with Gasteiger partial charge in [-0.2, -0.15) is 0 Å². The van der Waals surface area contributed by atoms with Crippen LogP contribution in [0.2, 0.25) is 0 Å². The van der Waals surface area contributed by atoms with Gasteiger partial charge in [0.15, 0.2) is 0 Å². The van der Waals surface area contributed by atoms with Gasteiger partial charge in [-0.25, -0.2) is 4.21 Å². The maximum Gasteiger partial charge on any atom is 1.00 e. The zero-order chi connectivity index (χ0) is 3.58. The summed E-state index contributed by atoms with van der Waals surface area (Å²) >= 11 is -2.86. The smallest absolute Gasteiger partial charge is 0.750 e. The Morgan fingerprint density at radius 1 is 1.00 bits per heavy atom. The minimum absolute atomic E-state index is 0. The SMILES string of the molecule is O.O.O.O.O.O=S([O-])O.[Na+]. The summed E-state index contributed by atoms with van der Waals surface area (Å²) in [5, 5.41) is 0. The molecule has 8 nitrogen and oxygen atoms in total. The molecule has 0 rings (SSSR count). The van der Waals surface area contributed by atoms with Crippen molar-refractivity contribution in [2.45, 2.75) is 0 Å². The molecule has 66 valence electrons. The van der Waals surface area contributed by atoms with E-state index in [9.17, 15) is 0 Å². The van der Waals surface area contributed by atoms with Crippen molar-refractivity contribution in [1.82, 2.24) is 0 Å². The van der Waals surface area contributed by atoms with Gasteiger partial charge in [-0.15, -0.1) is 0 Å². The molecular weight excluding hydrogens is 183 g/mol. The van der Waals surface area contributed by atoms with E-state index in [-0.39, 0.29) is 56.9 Å². The Hall–Kier alpha value is 0.870. The summed E-state index contributed by atoms with van der Waals surface area (Å²) in [7, 11) is 0. The van der Waals surface area contributed by atoms with Crippen molar-refractivity contribution in [2.75, 3.05) is 0 Å².